The van der Waals surface area contributed by atoms with Crippen LogP contribution in [0.15, 0.2) is 181 Å². The Kier molecular flexibility index (Phi) is 6.69. The molecule has 0 aliphatic carbocycles. The van der Waals surface area contributed by atoms with Gasteiger partial charge in [0.2, 0.25) is 0 Å². The van der Waals surface area contributed by atoms with E-state index in [4.69, 9.17) is 4.99 Å². The maximum absolute atomic E-state index is 5.32. The van der Waals surface area contributed by atoms with Crippen LogP contribution in [0.4, 0.5) is 0 Å². The van der Waals surface area contributed by atoms with Crippen LogP contribution >= 0.6 is 0 Å². The second-order valence-corrected chi connectivity index (χ2v) is 13.8. The van der Waals surface area contributed by atoms with Crippen LogP contribution in [0.2, 0.25) is 0 Å². The van der Waals surface area contributed by atoms with Crippen LogP contribution in [0.5, 0.6) is 0 Å². The summed E-state index contributed by atoms with van der Waals surface area (Å²) >= 11 is 0. The lowest BCUT2D eigenvalue weighted by Gasteiger charge is -2.33. The van der Waals surface area contributed by atoms with Crippen molar-refractivity contribution in [2.45, 2.75) is 18.6 Å². The number of hydrogen-bond acceptors (Lipinski definition) is 5. The van der Waals surface area contributed by atoms with Crippen LogP contribution in [0.1, 0.15) is 29.7 Å². The van der Waals surface area contributed by atoms with E-state index in [0.717, 1.165) is 39.4 Å². The Hall–Kier alpha value is -6.83. The summed E-state index contributed by atoms with van der Waals surface area (Å²) in [5.74, 6) is 0.804. The first-order chi connectivity index (χ1) is 26.3. The highest BCUT2D eigenvalue weighted by Gasteiger charge is 2.31. The largest absolute Gasteiger partial charge is 0.352 e. The number of para-hydroxylation sites is 3. The Bertz CT molecular complexity index is 2920. The summed E-state index contributed by atoms with van der Waals surface area (Å²) in [5, 5.41) is 22.3. The fourth-order valence-electron chi connectivity index (χ4n) is 8.42. The monoisotopic (exact) mass is 685 g/mol. The van der Waals surface area contributed by atoms with Gasteiger partial charge in [0, 0.05) is 33.4 Å². The zero-order valence-electron chi connectivity index (χ0n) is 28.7. The van der Waals surface area contributed by atoms with Gasteiger partial charge in [-0.15, -0.1) is 0 Å². The molecule has 53 heavy (non-hydrogen) atoms. The molecule has 0 saturated heterocycles. The summed E-state index contributed by atoms with van der Waals surface area (Å²) in [5.41, 5.74) is 9.02. The molecular formula is C46H35N7. The third-order valence-electron chi connectivity index (χ3n) is 10.8. The molecule has 11 rings (SSSR count). The van der Waals surface area contributed by atoms with Gasteiger partial charge < -0.3 is 25.1 Å². The second kappa shape index (κ2) is 11.9. The smallest absolute Gasteiger partial charge is 0.180 e. The van der Waals surface area contributed by atoms with Gasteiger partial charge >= 0.3 is 0 Å². The lowest BCUT2D eigenvalue weighted by atomic mass is 10.0. The van der Waals surface area contributed by atoms with E-state index in [-0.39, 0.29) is 18.6 Å². The highest BCUT2D eigenvalue weighted by atomic mass is 15.4. The predicted octanol–water partition coefficient (Wildman–Crippen LogP) is 9.52. The van der Waals surface area contributed by atoms with Crippen molar-refractivity contribution in [2.24, 2.45) is 4.99 Å². The third-order valence-corrected chi connectivity index (χ3v) is 10.8. The van der Waals surface area contributed by atoms with Crippen molar-refractivity contribution in [1.82, 2.24) is 30.4 Å². The molecule has 2 aliphatic heterocycles. The first kappa shape index (κ1) is 29.9. The summed E-state index contributed by atoms with van der Waals surface area (Å²) in [7, 11) is 0. The Morgan fingerprint density at radius 3 is 2.00 bits per heavy atom. The number of benzene rings is 7. The zero-order chi connectivity index (χ0) is 34.9. The maximum atomic E-state index is 5.32. The molecule has 0 amide bonds. The van der Waals surface area contributed by atoms with Crippen molar-refractivity contribution in [1.29, 1.82) is 0 Å². The zero-order valence-corrected chi connectivity index (χ0v) is 28.7. The minimum absolute atomic E-state index is 0.143. The SMILES string of the molecule is C1=C(C2=NC(c3cccc4ccccc34)NC(c3ccccc3)N2)NC(n2c3ccccc3c3cc4c5ccccc5n(-c5ccccc5)c4cc32)N1. The van der Waals surface area contributed by atoms with Gasteiger partial charge in [0.1, 0.15) is 18.2 Å². The quantitative estimate of drug-likeness (QED) is 0.146. The number of hydrogen-bond donors (Lipinski definition) is 4. The second-order valence-electron chi connectivity index (χ2n) is 13.8. The molecule has 0 saturated carbocycles. The average Bonchev–Trinajstić information content (AvgIpc) is 3.93. The molecule has 0 fully saturated rings. The van der Waals surface area contributed by atoms with Crippen LogP contribution in [0.25, 0.3) is 60.1 Å². The van der Waals surface area contributed by atoms with Gasteiger partial charge in [-0.2, -0.15) is 0 Å². The van der Waals surface area contributed by atoms with E-state index >= 15 is 0 Å². The van der Waals surface area contributed by atoms with Gasteiger partial charge in [0.05, 0.1) is 27.8 Å². The molecule has 2 aliphatic rings. The topological polar surface area (TPSA) is 70.3 Å². The molecule has 3 atom stereocenters. The number of nitrogens with zero attached hydrogens (tertiary/aromatic N) is 3. The van der Waals surface area contributed by atoms with Crippen molar-refractivity contribution in [3.05, 3.63) is 187 Å². The minimum atomic E-state index is -0.259. The maximum Gasteiger partial charge on any atom is 0.180 e. The molecule has 9 aromatic rings. The summed E-state index contributed by atoms with van der Waals surface area (Å²) in [6.45, 7) is 0. The van der Waals surface area contributed by atoms with Crippen molar-refractivity contribution in [3.8, 4) is 5.69 Å². The summed E-state index contributed by atoms with van der Waals surface area (Å²) < 4.78 is 4.77. The molecule has 2 aromatic heterocycles. The Morgan fingerprint density at radius 2 is 1.17 bits per heavy atom. The molecule has 7 aromatic carbocycles. The van der Waals surface area contributed by atoms with Crippen LogP contribution < -0.4 is 21.3 Å². The Balaban J connectivity index is 1.04. The number of aromatic nitrogens is 2. The average molecular weight is 686 g/mol. The number of rotatable bonds is 5. The van der Waals surface area contributed by atoms with Crippen molar-refractivity contribution < 1.29 is 0 Å². The molecule has 4 heterocycles. The lowest BCUT2D eigenvalue weighted by Crippen LogP contribution is -2.46. The molecule has 254 valence electrons. The molecule has 0 bridgehead atoms. The number of aliphatic imine (C=N–C) groups is 1. The summed E-state index contributed by atoms with van der Waals surface area (Å²) in [4.78, 5) is 5.32. The van der Waals surface area contributed by atoms with Gasteiger partial charge in [0.25, 0.3) is 0 Å². The van der Waals surface area contributed by atoms with E-state index in [0.29, 0.717) is 0 Å². The van der Waals surface area contributed by atoms with E-state index in [1.54, 1.807) is 0 Å². The highest BCUT2D eigenvalue weighted by Crippen LogP contribution is 2.40. The van der Waals surface area contributed by atoms with Crippen LogP contribution in [0, 0.1) is 0 Å². The van der Waals surface area contributed by atoms with Gasteiger partial charge in [-0.25, -0.2) is 4.99 Å². The molecular weight excluding hydrogens is 651 g/mol. The van der Waals surface area contributed by atoms with E-state index in [1.165, 1.54) is 43.4 Å². The number of fused-ring (bicyclic) bond motifs is 7. The van der Waals surface area contributed by atoms with Crippen LogP contribution in [-0.4, -0.2) is 15.0 Å². The van der Waals surface area contributed by atoms with Crippen molar-refractivity contribution in [2.75, 3.05) is 0 Å². The van der Waals surface area contributed by atoms with E-state index in [2.05, 4.69) is 200 Å². The highest BCUT2D eigenvalue weighted by molar-refractivity contribution is 6.18. The van der Waals surface area contributed by atoms with Gasteiger partial charge in [0.15, 0.2) is 6.29 Å². The molecule has 0 spiro atoms. The molecule has 0 radical (unpaired) electrons. The summed E-state index contributed by atoms with van der Waals surface area (Å²) in [6, 6.07) is 58.3. The number of amidine groups is 1. The standard InChI is InChI=1S/C46H35N7/c1-3-15-30(16-4-1)43-49-44(35-23-13-17-29-14-7-8-20-32(29)35)51-45(50-43)38-28-47-46(48-38)53-40-25-12-10-22-34(40)37-26-36-33-21-9-11-24-39(33)52(41(36)27-42(37)53)31-18-5-2-6-19-31/h1-28,43-44,46-49H,(H,50,51). The molecule has 7 heteroatoms. The van der Waals surface area contributed by atoms with Gasteiger partial charge in [-0.3, -0.25) is 5.32 Å². The Morgan fingerprint density at radius 1 is 0.509 bits per heavy atom. The van der Waals surface area contributed by atoms with Crippen LogP contribution in [0.3, 0.4) is 0 Å². The van der Waals surface area contributed by atoms with E-state index in [1.807, 2.05) is 0 Å². The van der Waals surface area contributed by atoms with E-state index < -0.39 is 0 Å². The fourth-order valence-corrected chi connectivity index (χ4v) is 8.42. The Labute approximate surface area is 305 Å². The van der Waals surface area contributed by atoms with Crippen molar-refractivity contribution in [3.63, 3.8) is 0 Å². The van der Waals surface area contributed by atoms with Crippen LogP contribution in [-0.2, 0) is 0 Å². The first-order valence-corrected chi connectivity index (χ1v) is 18.2. The van der Waals surface area contributed by atoms with Gasteiger partial charge in [-0.1, -0.05) is 127 Å². The van der Waals surface area contributed by atoms with Crippen molar-refractivity contribution >= 4 is 60.2 Å². The molecule has 4 N–H and O–H groups in total. The van der Waals surface area contributed by atoms with Gasteiger partial charge in [-0.05, 0) is 58.3 Å². The minimum Gasteiger partial charge on any atom is -0.352 e. The third kappa shape index (κ3) is 4.75. The lowest BCUT2D eigenvalue weighted by molar-refractivity contribution is 0.406. The number of nitrogens with one attached hydrogen (secondary N) is 4. The molecule has 7 nitrogen and oxygen atoms in total. The summed E-state index contributed by atoms with van der Waals surface area (Å²) in [6.07, 6.45) is 1.41. The fraction of sp³-hybridized carbons (Fsp3) is 0.0652. The predicted molar refractivity (Wildman–Crippen MR) is 217 cm³/mol. The first-order valence-electron chi connectivity index (χ1n) is 18.2. The normalized spacial score (nSPS) is 18.6. The molecule has 3 unspecified atom stereocenters. The van der Waals surface area contributed by atoms with E-state index in [9.17, 15) is 0 Å².